The lowest BCUT2D eigenvalue weighted by Crippen LogP contribution is -2.47. The zero-order valence-corrected chi connectivity index (χ0v) is 25.9. The molecule has 0 bridgehead atoms. The molecule has 1 unspecified atom stereocenters. The molecule has 0 aromatic heterocycles. The minimum Gasteiger partial charge on any atom is -0.480 e. The van der Waals surface area contributed by atoms with Gasteiger partial charge in [0.05, 0.1) is 11.0 Å². The number of aliphatic hydroxyl groups excluding tert-OH is 1. The Morgan fingerprint density at radius 2 is 1.60 bits per heavy atom. The Hall–Kier alpha value is -3.76. The predicted molar refractivity (Wildman–Crippen MR) is 173 cm³/mol. The Morgan fingerprint density at radius 1 is 0.907 bits per heavy atom. The Kier molecular flexibility index (Phi) is 10.2. The summed E-state index contributed by atoms with van der Waals surface area (Å²) in [7, 11) is -2.39. The van der Waals surface area contributed by atoms with Gasteiger partial charge in [0.15, 0.2) is 0 Å². The van der Waals surface area contributed by atoms with Crippen LogP contribution in [0.3, 0.4) is 0 Å². The summed E-state index contributed by atoms with van der Waals surface area (Å²) in [4.78, 5) is 11.4. The van der Waals surface area contributed by atoms with Crippen LogP contribution in [0.25, 0.3) is 21.9 Å². The lowest BCUT2D eigenvalue weighted by Gasteiger charge is -2.29. The van der Waals surface area contributed by atoms with Crippen molar-refractivity contribution in [3.63, 3.8) is 0 Å². The molecule has 4 rings (SSSR count). The fourth-order valence-electron chi connectivity index (χ4n) is 5.09. The Labute approximate surface area is 254 Å². The van der Waals surface area contributed by atoms with Gasteiger partial charge in [-0.3, -0.25) is 0 Å². The zero-order chi connectivity index (χ0) is 31.2. The summed E-state index contributed by atoms with van der Waals surface area (Å²) in [5.74, 6) is -0.917. The number of likely N-dealkylation sites (N-methyl/N-ethyl adjacent to an activating group) is 1. The van der Waals surface area contributed by atoms with Crippen molar-refractivity contribution in [2.24, 2.45) is 0 Å². The van der Waals surface area contributed by atoms with E-state index in [-0.39, 0.29) is 23.5 Å². The number of sulfonamides is 1. The number of carboxylic acid groups (broad SMARTS) is 1. The van der Waals surface area contributed by atoms with Gasteiger partial charge in [-0.15, -0.1) is 0 Å². The van der Waals surface area contributed by atoms with Crippen LogP contribution < -0.4 is 10.6 Å². The van der Waals surface area contributed by atoms with Crippen molar-refractivity contribution < 1.29 is 23.4 Å². The number of rotatable bonds is 14. The number of benzene rings is 4. The third kappa shape index (κ3) is 8.42. The number of anilines is 1. The highest BCUT2D eigenvalue weighted by Crippen LogP contribution is 2.26. The quantitative estimate of drug-likeness (QED) is 0.153. The number of carboxylic acids is 1. The van der Waals surface area contributed by atoms with Crippen LogP contribution in [-0.4, -0.2) is 66.7 Å². The minimum atomic E-state index is -3.86. The van der Waals surface area contributed by atoms with E-state index >= 15 is 0 Å². The largest absolute Gasteiger partial charge is 0.480 e. The molecule has 0 aliphatic carbocycles. The fraction of sp³-hybridized carbons (Fsp3) is 0.324. The number of nitrogens with one attached hydrogen (secondary N) is 2. The highest BCUT2D eigenvalue weighted by molar-refractivity contribution is 7.89. The van der Waals surface area contributed by atoms with Crippen LogP contribution in [-0.2, 0) is 21.2 Å². The van der Waals surface area contributed by atoms with Crippen LogP contribution in [0.4, 0.5) is 5.69 Å². The summed E-state index contributed by atoms with van der Waals surface area (Å²) in [5, 5.41) is 28.8. The second-order valence-electron chi connectivity index (χ2n) is 11.6. The molecule has 0 heterocycles. The van der Waals surface area contributed by atoms with E-state index in [4.69, 9.17) is 0 Å². The molecule has 0 amide bonds. The highest BCUT2D eigenvalue weighted by Gasteiger charge is 2.25. The van der Waals surface area contributed by atoms with E-state index in [2.05, 4.69) is 54.8 Å². The standard InChI is InChI=1S/C34H41N3O5S/c1-5-32(33(39)40)36-29-17-15-26(16-18-29)28-11-8-12-31(20-28)43(41,42)37(4)23-30(38)22-35-34(2,3)21-24-13-14-25-9-6-7-10-27(25)19-24/h6-20,30,32,35-36,38H,5,21-23H2,1-4H3,(H,39,40)/t30?,32-/m1/s1. The maximum Gasteiger partial charge on any atom is 0.326 e. The van der Waals surface area contributed by atoms with Crippen molar-refractivity contribution in [3.8, 4) is 11.1 Å². The number of hydrogen-bond donors (Lipinski definition) is 4. The average molecular weight is 604 g/mol. The monoisotopic (exact) mass is 603 g/mol. The molecule has 0 aliphatic heterocycles. The number of hydrogen-bond acceptors (Lipinski definition) is 6. The molecule has 8 nitrogen and oxygen atoms in total. The molecule has 9 heteroatoms. The van der Waals surface area contributed by atoms with Gasteiger partial charge >= 0.3 is 5.97 Å². The van der Waals surface area contributed by atoms with Crippen molar-refractivity contribution in [2.75, 3.05) is 25.5 Å². The first kappa shape index (κ1) is 32.2. The molecular weight excluding hydrogens is 562 g/mol. The van der Waals surface area contributed by atoms with E-state index in [9.17, 15) is 23.4 Å². The van der Waals surface area contributed by atoms with Gasteiger partial charge in [-0.2, -0.15) is 4.31 Å². The highest BCUT2D eigenvalue weighted by atomic mass is 32.2. The maximum absolute atomic E-state index is 13.4. The molecule has 43 heavy (non-hydrogen) atoms. The van der Waals surface area contributed by atoms with E-state index in [0.717, 1.165) is 12.0 Å². The van der Waals surface area contributed by atoms with Crippen LogP contribution >= 0.6 is 0 Å². The van der Waals surface area contributed by atoms with E-state index < -0.39 is 28.1 Å². The first-order valence-corrected chi connectivity index (χ1v) is 15.9. The Morgan fingerprint density at radius 3 is 2.28 bits per heavy atom. The number of aliphatic hydroxyl groups is 1. The third-order valence-corrected chi connectivity index (χ3v) is 9.37. The van der Waals surface area contributed by atoms with Crippen molar-refractivity contribution in [1.82, 2.24) is 9.62 Å². The molecule has 228 valence electrons. The number of nitrogens with zero attached hydrogens (tertiary/aromatic N) is 1. The molecule has 0 fully saturated rings. The molecule has 0 saturated carbocycles. The predicted octanol–water partition coefficient (Wildman–Crippen LogP) is 5.37. The van der Waals surface area contributed by atoms with Gasteiger partial charge in [0.25, 0.3) is 0 Å². The zero-order valence-electron chi connectivity index (χ0n) is 25.1. The van der Waals surface area contributed by atoms with E-state index in [1.165, 1.54) is 27.7 Å². The number of aliphatic carboxylic acids is 1. The summed E-state index contributed by atoms with van der Waals surface area (Å²) in [6.45, 7) is 6.11. The van der Waals surface area contributed by atoms with Crippen molar-refractivity contribution in [1.29, 1.82) is 0 Å². The van der Waals surface area contributed by atoms with Crippen molar-refractivity contribution in [3.05, 3.63) is 96.6 Å². The fourth-order valence-corrected chi connectivity index (χ4v) is 6.34. The first-order valence-electron chi connectivity index (χ1n) is 14.4. The number of carbonyl (C=O) groups is 1. The molecule has 0 saturated heterocycles. The molecule has 4 aromatic carbocycles. The summed E-state index contributed by atoms with van der Waals surface area (Å²) in [6, 6.07) is 27.8. The summed E-state index contributed by atoms with van der Waals surface area (Å²) >= 11 is 0. The second-order valence-corrected chi connectivity index (χ2v) is 13.7. The summed E-state index contributed by atoms with van der Waals surface area (Å²) < 4.78 is 28.0. The topological polar surface area (TPSA) is 119 Å². The number of β-amino-alcohol motifs (C(OH)–C–C–N with tert-alkyl or cyclic N) is 1. The SMILES string of the molecule is CC[C@@H](Nc1ccc(-c2cccc(S(=O)(=O)N(C)CC(O)CNC(C)(C)Cc3ccc4ccccc4c3)c2)cc1)C(=O)O. The molecule has 0 spiro atoms. The molecule has 4 N–H and O–H groups in total. The molecular formula is C34H41N3O5S. The van der Waals surface area contributed by atoms with Gasteiger partial charge in [0, 0.05) is 31.4 Å². The molecule has 2 atom stereocenters. The van der Waals surface area contributed by atoms with Gasteiger partial charge in [-0.05, 0) is 78.4 Å². The third-order valence-electron chi connectivity index (χ3n) is 7.55. The van der Waals surface area contributed by atoms with E-state index in [1.54, 1.807) is 37.3 Å². The molecule has 4 aromatic rings. The van der Waals surface area contributed by atoms with Crippen LogP contribution in [0.1, 0.15) is 32.8 Å². The second kappa shape index (κ2) is 13.7. The van der Waals surface area contributed by atoms with E-state index in [0.29, 0.717) is 17.7 Å². The Balaban J connectivity index is 1.36. The minimum absolute atomic E-state index is 0.0614. The average Bonchev–Trinajstić information content (AvgIpc) is 2.99. The summed E-state index contributed by atoms with van der Waals surface area (Å²) in [6.07, 6.45) is 0.288. The smallest absolute Gasteiger partial charge is 0.326 e. The van der Waals surface area contributed by atoms with Crippen molar-refractivity contribution >= 4 is 32.5 Å². The first-order chi connectivity index (χ1) is 20.4. The maximum atomic E-state index is 13.4. The normalized spacial score (nSPS) is 13.6. The van der Waals surface area contributed by atoms with Crippen LogP contribution in [0.2, 0.25) is 0 Å². The van der Waals surface area contributed by atoms with Gasteiger partial charge < -0.3 is 20.8 Å². The van der Waals surface area contributed by atoms with Crippen molar-refractivity contribution in [2.45, 2.75) is 56.2 Å². The van der Waals surface area contributed by atoms with Gasteiger partial charge in [-0.1, -0.05) is 73.7 Å². The van der Waals surface area contributed by atoms with E-state index in [1.807, 2.05) is 30.3 Å². The Bertz CT molecular complexity index is 1650. The van der Waals surface area contributed by atoms with Crippen LogP contribution in [0.15, 0.2) is 95.9 Å². The summed E-state index contributed by atoms with van der Waals surface area (Å²) in [5.41, 5.74) is 3.05. The van der Waals surface area contributed by atoms with Crippen LogP contribution in [0, 0.1) is 0 Å². The van der Waals surface area contributed by atoms with Crippen LogP contribution in [0.5, 0.6) is 0 Å². The van der Waals surface area contributed by atoms with Gasteiger partial charge in [0.2, 0.25) is 10.0 Å². The lowest BCUT2D eigenvalue weighted by molar-refractivity contribution is -0.137. The molecule has 0 aliphatic rings. The lowest BCUT2D eigenvalue weighted by atomic mass is 9.93. The van der Waals surface area contributed by atoms with Gasteiger partial charge in [0.1, 0.15) is 6.04 Å². The van der Waals surface area contributed by atoms with Gasteiger partial charge in [-0.25, -0.2) is 13.2 Å². The number of fused-ring (bicyclic) bond motifs is 1. The molecule has 0 radical (unpaired) electrons.